The van der Waals surface area contributed by atoms with Gasteiger partial charge in [0.05, 0.1) is 16.9 Å². The van der Waals surface area contributed by atoms with Crippen LogP contribution in [0.5, 0.6) is 0 Å². The Balaban J connectivity index is 1.43. The van der Waals surface area contributed by atoms with Gasteiger partial charge in [-0.3, -0.25) is 9.88 Å². The van der Waals surface area contributed by atoms with Gasteiger partial charge >= 0.3 is 0 Å². The minimum Gasteiger partial charge on any atom is -0.343 e. The van der Waals surface area contributed by atoms with E-state index in [0.717, 1.165) is 49.0 Å². The molecular weight excluding hydrogens is 320 g/mol. The van der Waals surface area contributed by atoms with Crippen LogP contribution in [-0.4, -0.2) is 42.9 Å². The molecule has 0 aliphatic carbocycles. The zero-order chi connectivity index (χ0) is 16.4. The second-order valence-corrected chi connectivity index (χ2v) is 7.18. The quantitative estimate of drug-likeness (QED) is 0.773. The van der Waals surface area contributed by atoms with Crippen molar-refractivity contribution in [2.75, 3.05) is 13.1 Å². The highest BCUT2D eigenvalue weighted by Gasteiger charge is 2.25. The van der Waals surface area contributed by atoms with Gasteiger partial charge < -0.3 is 4.98 Å². The molecule has 3 aromatic heterocycles. The molecule has 124 valence electrons. The molecule has 1 atom stereocenters. The van der Waals surface area contributed by atoms with E-state index >= 15 is 0 Å². The van der Waals surface area contributed by atoms with Crippen molar-refractivity contribution in [3.05, 3.63) is 46.6 Å². The van der Waals surface area contributed by atoms with Crippen molar-refractivity contribution in [2.45, 2.75) is 26.3 Å². The lowest BCUT2D eigenvalue weighted by Crippen LogP contribution is -2.20. The maximum atomic E-state index is 4.56. The number of nitrogens with zero attached hydrogens (tertiary/aromatic N) is 5. The van der Waals surface area contributed by atoms with Crippen LogP contribution in [0, 0.1) is 12.8 Å². The predicted octanol–water partition coefficient (Wildman–Crippen LogP) is 2.70. The lowest BCUT2D eigenvalue weighted by Gasteiger charge is -2.15. The van der Waals surface area contributed by atoms with Gasteiger partial charge in [-0.1, -0.05) is 0 Å². The van der Waals surface area contributed by atoms with Gasteiger partial charge in [0.2, 0.25) is 0 Å². The maximum Gasteiger partial charge on any atom is 0.157 e. The highest BCUT2D eigenvalue weighted by atomic mass is 32.1. The first-order valence-electron chi connectivity index (χ1n) is 8.20. The number of aromatic amines is 1. The third-order valence-electron chi connectivity index (χ3n) is 4.56. The molecule has 0 bridgehead atoms. The smallest absolute Gasteiger partial charge is 0.157 e. The van der Waals surface area contributed by atoms with Gasteiger partial charge in [0.1, 0.15) is 5.69 Å². The van der Waals surface area contributed by atoms with Crippen LogP contribution in [0.15, 0.2) is 30.3 Å². The average molecular weight is 340 g/mol. The number of hydrogen-bond acceptors (Lipinski definition) is 6. The molecule has 0 saturated carbocycles. The van der Waals surface area contributed by atoms with Gasteiger partial charge in [-0.15, -0.1) is 11.3 Å². The standard InChI is InChI=1S/C17H20N6S/c1-12-15(24-11-22-12)10-23-7-2-13(9-23)8-14-16(19-4-3-18-14)17-20-5-6-21-17/h3-6,11,13H,2,7-10H2,1H3,(H,20,21)/t13-/m0/s1. The first kappa shape index (κ1) is 15.4. The highest BCUT2D eigenvalue weighted by molar-refractivity contribution is 7.09. The maximum absolute atomic E-state index is 4.56. The molecule has 0 aromatic carbocycles. The Morgan fingerprint density at radius 3 is 2.92 bits per heavy atom. The fourth-order valence-electron chi connectivity index (χ4n) is 3.29. The van der Waals surface area contributed by atoms with Gasteiger partial charge in [-0.25, -0.2) is 15.0 Å². The van der Waals surface area contributed by atoms with Crippen LogP contribution >= 0.6 is 11.3 Å². The van der Waals surface area contributed by atoms with E-state index in [2.05, 4.69) is 36.7 Å². The van der Waals surface area contributed by atoms with Crippen LogP contribution in [-0.2, 0) is 13.0 Å². The van der Waals surface area contributed by atoms with Gasteiger partial charge in [-0.2, -0.15) is 0 Å². The molecule has 0 amide bonds. The van der Waals surface area contributed by atoms with Crippen molar-refractivity contribution in [1.29, 1.82) is 0 Å². The summed E-state index contributed by atoms with van der Waals surface area (Å²) < 4.78 is 0. The SMILES string of the molecule is Cc1ncsc1CN1CC[C@@H](Cc2nccnc2-c2ncc[nH]2)C1. The van der Waals surface area contributed by atoms with E-state index in [-0.39, 0.29) is 0 Å². The molecule has 1 N–H and O–H groups in total. The number of aryl methyl sites for hydroxylation is 1. The molecule has 7 heteroatoms. The monoisotopic (exact) mass is 340 g/mol. The van der Waals surface area contributed by atoms with E-state index in [1.807, 2.05) is 11.7 Å². The Bertz CT molecular complexity index is 797. The third-order valence-corrected chi connectivity index (χ3v) is 5.48. The van der Waals surface area contributed by atoms with E-state index in [9.17, 15) is 0 Å². The molecule has 0 radical (unpaired) electrons. The zero-order valence-electron chi connectivity index (χ0n) is 13.6. The number of thiazole rings is 1. The molecule has 0 spiro atoms. The normalized spacial score (nSPS) is 18.3. The highest BCUT2D eigenvalue weighted by Crippen LogP contribution is 2.26. The van der Waals surface area contributed by atoms with Crippen LogP contribution in [0.3, 0.4) is 0 Å². The number of aromatic nitrogens is 5. The van der Waals surface area contributed by atoms with Crippen LogP contribution in [0.2, 0.25) is 0 Å². The van der Waals surface area contributed by atoms with E-state index < -0.39 is 0 Å². The lowest BCUT2D eigenvalue weighted by atomic mass is 10.0. The van der Waals surface area contributed by atoms with Gasteiger partial charge in [-0.05, 0) is 32.2 Å². The van der Waals surface area contributed by atoms with Crippen molar-refractivity contribution in [3.63, 3.8) is 0 Å². The van der Waals surface area contributed by atoms with E-state index in [1.165, 1.54) is 11.3 Å². The van der Waals surface area contributed by atoms with Gasteiger partial charge in [0, 0.05) is 42.8 Å². The summed E-state index contributed by atoms with van der Waals surface area (Å²) in [6, 6.07) is 0. The molecule has 0 unspecified atom stereocenters. The summed E-state index contributed by atoms with van der Waals surface area (Å²) in [5.41, 5.74) is 5.01. The number of rotatable bonds is 5. The number of nitrogens with one attached hydrogen (secondary N) is 1. The fourth-order valence-corrected chi connectivity index (χ4v) is 4.10. The van der Waals surface area contributed by atoms with E-state index in [1.54, 1.807) is 29.9 Å². The first-order valence-corrected chi connectivity index (χ1v) is 9.08. The van der Waals surface area contributed by atoms with Crippen LogP contribution < -0.4 is 0 Å². The third kappa shape index (κ3) is 3.22. The Kier molecular flexibility index (Phi) is 4.36. The van der Waals surface area contributed by atoms with Crippen molar-refractivity contribution < 1.29 is 0 Å². The molecule has 1 saturated heterocycles. The van der Waals surface area contributed by atoms with E-state index in [0.29, 0.717) is 5.92 Å². The molecule has 6 nitrogen and oxygen atoms in total. The van der Waals surface area contributed by atoms with Gasteiger partial charge in [0.15, 0.2) is 5.82 Å². The average Bonchev–Trinajstić information content (AvgIpc) is 3.32. The summed E-state index contributed by atoms with van der Waals surface area (Å²) in [4.78, 5) is 24.7. The van der Waals surface area contributed by atoms with Crippen LogP contribution in [0.1, 0.15) is 22.7 Å². The molecule has 1 aliphatic rings. The number of imidazole rings is 1. The van der Waals surface area contributed by atoms with Gasteiger partial charge in [0.25, 0.3) is 0 Å². The number of H-pyrrole nitrogens is 1. The number of hydrogen-bond donors (Lipinski definition) is 1. The summed E-state index contributed by atoms with van der Waals surface area (Å²) in [6.45, 7) is 5.34. The topological polar surface area (TPSA) is 70.6 Å². The Morgan fingerprint density at radius 2 is 2.12 bits per heavy atom. The molecule has 24 heavy (non-hydrogen) atoms. The molecular formula is C17H20N6S. The van der Waals surface area contributed by atoms with Crippen LogP contribution in [0.25, 0.3) is 11.5 Å². The summed E-state index contributed by atoms with van der Waals surface area (Å²) in [5, 5.41) is 0. The van der Waals surface area contributed by atoms with Crippen molar-refractivity contribution >= 4 is 11.3 Å². The Hall–Kier alpha value is -2.12. The molecule has 1 fully saturated rings. The first-order chi connectivity index (χ1) is 11.8. The van der Waals surface area contributed by atoms with Crippen LogP contribution in [0.4, 0.5) is 0 Å². The molecule has 4 heterocycles. The summed E-state index contributed by atoms with van der Waals surface area (Å²) in [7, 11) is 0. The number of likely N-dealkylation sites (tertiary alicyclic amines) is 1. The summed E-state index contributed by atoms with van der Waals surface area (Å²) in [5.74, 6) is 1.41. The molecule has 1 aliphatic heterocycles. The minimum absolute atomic E-state index is 0.614. The second kappa shape index (κ2) is 6.78. The fraction of sp³-hybridized carbons (Fsp3) is 0.412. The second-order valence-electron chi connectivity index (χ2n) is 6.24. The Morgan fingerprint density at radius 1 is 1.21 bits per heavy atom. The van der Waals surface area contributed by atoms with E-state index in [4.69, 9.17) is 0 Å². The summed E-state index contributed by atoms with van der Waals surface area (Å²) >= 11 is 1.75. The van der Waals surface area contributed by atoms with Crippen molar-refractivity contribution in [1.82, 2.24) is 29.8 Å². The van der Waals surface area contributed by atoms with Crippen molar-refractivity contribution in [3.8, 4) is 11.5 Å². The summed E-state index contributed by atoms with van der Waals surface area (Å²) in [6.07, 6.45) is 9.23. The predicted molar refractivity (Wildman–Crippen MR) is 93.6 cm³/mol. The zero-order valence-corrected chi connectivity index (χ0v) is 14.5. The molecule has 3 aromatic rings. The lowest BCUT2D eigenvalue weighted by molar-refractivity contribution is 0.318. The Labute approximate surface area is 145 Å². The minimum atomic E-state index is 0.614. The molecule has 4 rings (SSSR count). The van der Waals surface area contributed by atoms with Crippen molar-refractivity contribution in [2.24, 2.45) is 5.92 Å². The largest absolute Gasteiger partial charge is 0.343 e.